The zero-order valence-electron chi connectivity index (χ0n) is 15.4. The van der Waals surface area contributed by atoms with Gasteiger partial charge in [0, 0.05) is 0 Å². The summed E-state index contributed by atoms with van der Waals surface area (Å²) >= 11 is 7.28. The summed E-state index contributed by atoms with van der Waals surface area (Å²) in [5.41, 5.74) is 1.75. The molecule has 0 spiro atoms. The Morgan fingerprint density at radius 3 is 2.50 bits per heavy atom. The highest BCUT2D eigenvalue weighted by Gasteiger charge is 2.18. The fraction of sp³-hybridized carbons (Fsp3) is 0.143. The Hall–Kier alpha value is -2.83. The second kappa shape index (κ2) is 8.91. The van der Waals surface area contributed by atoms with Crippen molar-refractivity contribution < 1.29 is 14.3 Å². The lowest BCUT2D eigenvalue weighted by Crippen LogP contribution is -2.12. The quantitative estimate of drug-likeness (QED) is 0.550. The Balaban J connectivity index is 1.76. The SMILES string of the molecule is CCOc1ccccc1NC(=O)c1sc(NC(=O)c2ccccc2Cl)cc1C. The summed E-state index contributed by atoms with van der Waals surface area (Å²) in [6.45, 7) is 4.21. The molecule has 0 saturated carbocycles. The Kier molecular flexibility index (Phi) is 6.34. The first-order valence-corrected chi connectivity index (χ1v) is 9.88. The second-order valence-corrected chi connectivity index (χ2v) is 7.40. The average molecular weight is 415 g/mol. The van der Waals surface area contributed by atoms with Gasteiger partial charge in [-0.3, -0.25) is 9.59 Å². The Morgan fingerprint density at radius 2 is 1.75 bits per heavy atom. The normalized spacial score (nSPS) is 10.4. The predicted molar refractivity (Wildman–Crippen MR) is 114 cm³/mol. The average Bonchev–Trinajstić information content (AvgIpc) is 3.04. The van der Waals surface area contributed by atoms with Gasteiger partial charge in [0.15, 0.2) is 0 Å². The van der Waals surface area contributed by atoms with Gasteiger partial charge < -0.3 is 15.4 Å². The van der Waals surface area contributed by atoms with Gasteiger partial charge >= 0.3 is 0 Å². The third kappa shape index (κ3) is 4.52. The van der Waals surface area contributed by atoms with Crippen molar-refractivity contribution in [3.05, 3.63) is 75.6 Å². The van der Waals surface area contributed by atoms with E-state index in [0.717, 1.165) is 5.56 Å². The number of rotatable bonds is 6. The number of ether oxygens (including phenoxy) is 1. The molecule has 0 saturated heterocycles. The van der Waals surface area contributed by atoms with E-state index in [-0.39, 0.29) is 11.8 Å². The maximum Gasteiger partial charge on any atom is 0.266 e. The molecule has 0 aliphatic rings. The molecule has 2 amide bonds. The van der Waals surface area contributed by atoms with Crippen LogP contribution in [0, 0.1) is 6.92 Å². The van der Waals surface area contributed by atoms with Crippen LogP contribution < -0.4 is 15.4 Å². The van der Waals surface area contributed by atoms with E-state index in [9.17, 15) is 9.59 Å². The number of thiophene rings is 1. The van der Waals surface area contributed by atoms with Crippen molar-refractivity contribution in [2.75, 3.05) is 17.2 Å². The van der Waals surface area contributed by atoms with Crippen LogP contribution in [-0.4, -0.2) is 18.4 Å². The van der Waals surface area contributed by atoms with E-state index in [0.29, 0.717) is 38.5 Å². The van der Waals surface area contributed by atoms with Gasteiger partial charge in [-0.05, 0) is 49.7 Å². The summed E-state index contributed by atoms with van der Waals surface area (Å²) in [6.07, 6.45) is 0. The van der Waals surface area contributed by atoms with E-state index in [4.69, 9.17) is 16.3 Å². The Morgan fingerprint density at radius 1 is 1.04 bits per heavy atom. The van der Waals surface area contributed by atoms with Crippen LogP contribution in [0.1, 0.15) is 32.5 Å². The van der Waals surface area contributed by atoms with Gasteiger partial charge in [0.2, 0.25) is 0 Å². The monoisotopic (exact) mass is 414 g/mol. The van der Waals surface area contributed by atoms with Gasteiger partial charge in [-0.1, -0.05) is 35.9 Å². The van der Waals surface area contributed by atoms with Crippen LogP contribution in [0.5, 0.6) is 5.75 Å². The standard InChI is InChI=1S/C21H19ClN2O3S/c1-3-27-17-11-7-6-10-16(17)23-21(26)19-13(2)12-18(28-19)24-20(25)14-8-4-5-9-15(14)22/h4-12H,3H2,1-2H3,(H,23,26)(H,24,25). The highest BCUT2D eigenvalue weighted by molar-refractivity contribution is 7.18. The number of nitrogens with one attached hydrogen (secondary N) is 2. The van der Waals surface area contributed by atoms with E-state index < -0.39 is 0 Å². The zero-order chi connectivity index (χ0) is 20.1. The van der Waals surface area contributed by atoms with Crippen molar-refractivity contribution in [2.24, 2.45) is 0 Å². The number of halogens is 1. The minimum absolute atomic E-state index is 0.257. The molecule has 0 aliphatic heterocycles. The molecule has 1 heterocycles. The first kappa shape index (κ1) is 19.9. The molecule has 0 aliphatic carbocycles. The molecular formula is C21H19ClN2O3S. The first-order valence-electron chi connectivity index (χ1n) is 8.69. The molecule has 144 valence electrons. The molecule has 7 heteroatoms. The summed E-state index contributed by atoms with van der Waals surface area (Å²) in [4.78, 5) is 25.7. The Labute approximate surface area is 172 Å². The van der Waals surface area contributed by atoms with Crippen molar-refractivity contribution in [3.8, 4) is 5.75 Å². The minimum atomic E-state index is -0.319. The van der Waals surface area contributed by atoms with Crippen molar-refractivity contribution in [3.63, 3.8) is 0 Å². The molecule has 3 rings (SSSR count). The van der Waals surface area contributed by atoms with Gasteiger partial charge in [-0.25, -0.2) is 0 Å². The maximum atomic E-state index is 12.7. The van der Waals surface area contributed by atoms with Crippen molar-refractivity contribution in [2.45, 2.75) is 13.8 Å². The van der Waals surface area contributed by atoms with Crippen LogP contribution >= 0.6 is 22.9 Å². The molecule has 28 heavy (non-hydrogen) atoms. The number of aryl methyl sites for hydroxylation is 1. The molecule has 0 radical (unpaired) electrons. The summed E-state index contributed by atoms with van der Waals surface area (Å²) in [5.74, 6) is 0.0354. The summed E-state index contributed by atoms with van der Waals surface area (Å²) in [5, 5.41) is 6.62. The number of hydrogen-bond donors (Lipinski definition) is 2. The highest BCUT2D eigenvalue weighted by atomic mass is 35.5. The van der Waals surface area contributed by atoms with E-state index in [1.165, 1.54) is 11.3 Å². The molecule has 3 aromatic rings. The fourth-order valence-corrected chi connectivity index (χ4v) is 3.81. The lowest BCUT2D eigenvalue weighted by atomic mass is 10.2. The molecule has 2 N–H and O–H groups in total. The number of anilines is 2. The highest BCUT2D eigenvalue weighted by Crippen LogP contribution is 2.30. The van der Waals surface area contributed by atoms with Crippen molar-refractivity contribution in [1.82, 2.24) is 0 Å². The van der Waals surface area contributed by atoms with Crippen LogP contribution in [0.25, 0.3) is 0 Å². The molecule has 1 aromatic heterocycles. The number of para-hydroxylation sites is 2. The van der Waals surface area contributed by atoms with E-state index >= 15 is 0 Å². The lowest BCUT2D eigenvalue weighted by molar-refractivity contribution is 0.102. The van der Waals surface area contributed by atoms with Crippen LogP contribution in [0.4, 0.5) is 10.7 Å². The van der Waals surface area contributed by atoms with Crippen LogP contribution in [-0.2, 0) is 0 Å². The molecular weight excluding hydrogens is 396 g/mol. The van der Waals surface area contributed by atoms with Crippen LogP contribution in [0.15, 0.2) is 54.6 Å². The zero-order valence-corrected chi connectivity index (χ0v) is 17.0. The molecule has 5 nitrogen and oxygen atoms in total. The van der Waals surface area contributed by atoms with Gasteiger partial charge in [0.05, 0.1) is 32.8 Å². The number of benzene rings is 2. The van der Waals surface area contributed by atoms with Gasteiger partial charge in [0.1, 0.15) is 5.75 Å². The van der Waals surface area contributed by atoms with Crippen LogP contribution in [0.3, 0.4) is 0 Å². The predicted octanol–water partition coefficient (Wildman–Crippen LogP) is 5.61. The number of amides is 2. The van der Waals surface area contributed by atoms with E-state index in [2.05, 4.69) is 10.6 Å². The topological polar surface area (TPSA) is 67.4 Å². The lowest BCUT2D eigenvalue weighted by Gasteiger charge is -2.10. The summed E-state index contributed by atoms with van der Waals surface area (Å²) < 4.78 is 5.54. The smallest absolute Gasteiger partial charge is 0.266 e. The van der Waals surface area contributed by atoms with Gasteiger partial charge in [-0.2, -0.15) is 0 Å². The number of carbonyl (C=O) groups excluding carboxylic acids is 2. The first-order chi connectivity index (χ1) is 13.5. The van der Waals surface area contributed by atoms with E-state index in [1.807, 2.05) is 26.0 Å². The maximum absolute atomic E-state index is 12.7. The number of hydrogen-bond acceptors (Lipinski definition) is 4. The van der Waals surface area contributed by atoms with Crippen molar-refractivity contribution in [1.29, 1.82) is 0 Å². The second-order valence-electron chi connectivity index (χ2n) is 5.94. The molecule has 2 aromatic carbocycles. The molecule has 0 bridgehead atoms. The fourth-order valence-electron chi connectivity index (χ4n) is 2.62. The minimum Gasteiger partial charge on any atom is -0.492 e. The van der Waals surface area contributed by atoms with Crippen LogP contribution in [0.2, 0.25) is 5.02 Å². The van der Waals surface area contributed by atoms with Crippen molar-refractivity contribution >= 4 is 45.4 Å². The van der Waals surface area contributed by atoms with Gasteiger partial charge in [-0.15, -0.1) is 11.3 Å². The van der Waals surface area contributed by atoms with E-state index in [1.54, 1.807) is 42.5 Å². The summed E-state index contributed by atoms with van der Waals surface area (Å²) in [6, 6.07) is 15.8. The molecule has 0 unspecified atom stereocenters. The molecule has 0 atom stereocenters. The third-order valence-corrected chi connectivity index (χ3v) is 5.40. The summed E-state index contributed by atoms with van der Waals surface area (Å²) in [7, 11) is 0. The number of carbonyl (C=O) groups is 2. The molecule has 0 fully saturated rings. The van der Waals surface area contributed by atoms with Gasteiger partial charge in [0.25, 0.3) is 11.8 Å². The largest absolute Gasteiger partial charge is 0.492 e. The Bertz CT molecular complexity index is 1020. The third-order valence-electron chi connectivity index (χ3n) is 3.91.